The summed E-state index contributed by atoms with van der Waals surface area (Å²) in [6.45, 7) is 2.91. The maximum atomic E-state index is 12.1. The number of nitrogen functional groups attached to an aromatic ring is 1. The molecule has 4 nitrogen and oxygen atoms in total. The van der Waals surface area contributed by atoms with Gasteiger partial charge in [0.1, 0.15) is 5.75 Å². The molecular formula is C21H28N2O2. The summed E-state index contributed by atoms with van der Waals surface area (Å²) >= 11 is 0. The highest BCUT2D eigenvalue weighted by atomic mass is 16.5. The van der Waals surface area contributed by atoms with Gasteiger partial charge in [-0.15, -0.1) is 0 Å². The number of nitrogens with one attached hydrogen (secondary N) is 1. The summed E-state index contributed by atoms with van der Waals surface area (Å²) in [5.41, 5.74) is 8.40. The quantitative estimate of drug-likeness (QED) is 0.482. The molecule has 0 fully saturated rings. The van der Waals surface area contributed by atoms with Gasteiger partial charge in [-0.05, 0) is 36.6 Å². The zero-order valence-corrected chi connectivity index (χ0v) is 15.0. The summed E-state index contributed by atoms with van der Waals surface area (Å²) < 4.78 is 5.75. The molecule has 25 heavy (non-hydrogen) atoms. The summed E-state index contributed by atoms with van der Waals surface area (Å²) in [7, 11) is 0. The number of carbonyl (C=O) groups is 1. The third kappa shape index (κ3) is 6.87. The topological polar surface area (TPSA) is 64.3 Å². The third-order valence-corrected chi connectivity index (χ3v) is 4.06. The van der Waals surface area contributed by atoms with Crippen molar-refractivity contribution in [3.63, 3.8) is 0 Å². The van der Waals surface area contributed by atoms with Gasteiger partial charge in [-0.25, -0.2) is 0 Å². The number of ether oxygens (including phenoxy) is 1. The molecule has 0 unspecified atom stereocenters. The van der Waals surface area contributed by atoms with Gasteiger partial charge in [0.2, 0.25) is 5.91 Å². The van der Waals surface area contributed by atoms with E-state index in [2.05, 4.69) is 12.2 Å². The molecule has 0 aromatic heterocycles. The predicted octanol–water partition coefficient (Wildman–Crippen LogP) is 4.80. The van der Waals surface area contributed by atoms with E-state index in [0.29, 0.717) is 19.4 Å². The monoisotopic (exact) mass is 340 g/mol. The normalized spacial score (nSPS) is 10.4. The van der Waals surface area contributed by atoms with Crippen molar-refractivity contribution in [3.8, 4) is 5.75 Å². The fourth-order valence-electron chi connectivity index (χ4n) is 2.62. The molecule has 0 saturated heterocycles. The van der Waals surface area contributed by atoms with Crippen LogP contribution in [0.2, 0.25) is 0 Å². The molecule has 4 heteroatoms. The van der Waals surface area contributed by atoms with Crippen molar-refractivity contribution < 1.29 is 9.53 Å². The summed E-state index contributed by atoms with van der Waals surface area (Å²) in [5, 5.41) is 2.92. The van der Waals surface area contributed by atoms with Crippen LogP contribution in [-0.4, -0.2) is 12.5 Å². The van der Waals surface area contributed by atoms with Crippen LogP contribution in [0.4, 0.5) is 11.4 Å². The molecule has 1 amide bonds. The molecule has 0 aliphatic carbocycles. The van der Waals surface area contributed by atoms with Gasteiger partial charge in [0.15, 0.2) is 0 Å². The van der Waals surface area contributed by atoms with E-state index in [0.717, 1.165) is 29.1 Å². The number of hydrogen-bond donors (Lipinski definition) is 2. The molecule has 0 spiro atoms. The number of para-hydroxylation sites is 1. The van der Waals surface area contributed by atoms with Crippen LogP contribution in [0.3, 0.4) is 0 Å². The second kappa shape index (κ2) is 10.4. The highest BCUT2D eigenvalue weighted by molar-refractivity contribution is 5.91. The second-order valence-corrected chi connectivity index (χ2v) is 6.18. The average Bonchev–Trinajstić information content (AvgIpc) is 2.61. The Balaban J connectivity index is 1.78. The average molecular weight is 340 g/mol. The van der Waals surface area contributed by atoms with Crippen molar-refractivity contribution in [1.82, 2.24) is 0 Å². The Morgan fingerprint density at radius 3 is 2.72 bits per heavy atom. The first-order valence-corrected chi connectivity index (χ1v) is 9.05. The minimum Gasteiger partial charge on any atom is -0.494 e. The van der Waals surface area contributed by atoms with Crippen LogP contribution in [0.25, 0.3) is 0 Å². The molecule has 0 heterocycles. The van der Waals surface area contributed by atoms with Crippen LogP contribution >= 0.6 is 0 Å². The van der Waals surface area contributed by atoms with Crippen molar-refractivity contribution in [2.24, 2.45) is 0 Å². The van der Waals surface area contributed by atoms with E-state index in [-0.39, 0.29) is 5.91 Å². The number of benzene rings is 2. The molecule has 134 valence electrons. The van der Waals surface area contributed by atoms with Crippen LogP contribution in [0.5, 0.6) is 5.75 Å². The van der Waals surface area contributed by atoms with Crippen molar-refractivity contribution in [1.29, 1.82) is 0 Å². The second-order valence-electron chi connectivity index (χ2n) is 6.18. The fraction of sp³-hybridized carbons (Fsp3) is 0.381. The van der Waals surface area contributed by atoms with Gasteiger partial charge in [0, 0.05) is 23.9 Å². The van der Waals surface area contributed by atoms with Gasteiger partial charge >= 0.3 is 0 Å². The number of rotatable bonds is 10. The molecule has 0 bridgehead atoms. The van der Waals surface area contributed by atoms with E-state index in [1.807, 2.05) is 48.5 Å². The van der Waals surface area contributed by atoms with E-state index in [9.17, 15) is 4.79 Å². The highest BCUT2D eigenvalue weighted by Gasteiger charge is 2.06. The first kappa shape index (κ1) is 18.8. The Morgan fingerprint density at radius 2 is 1.92 bits per heavy atom. The smallest absolute Gasteiger partial charge is 0.224 e. The summed E-state index contributed by atoms with van der Waals surface area (Å²) in [4.78, 5) is 12.1. The minimum atomic E-state index is -0.0247. The lowest BCUT2D eigenvalue weighted by Gasteiger charge is -2.10. The van der Waals surface area contributed by atoms with E-state index in [1.54, 1.807) is 0 Å². The number of anilines is 2. The molecule has 2 aromatic carbocycles. The Morgan fingerprint density at radius 1 is 1.08 bits per heavy atom. The van der Waals surface area contributed by atoms with E-state index in [1.165, 1.54) is 19.3 Å². The lowest BCUT2D eigenvalue weighted by molar-refractivity contribution is -0.116. The lowest BCUT2D eigenvalue weighted by Crippen LogP contribution is -2.12. The number of hydrogen-bond acceptors (Lipinski definition) is 3. The van der Waals surface area contributed by atoms with Crippen LogP contribution in [0, 0.1) is 0 Å². The van der Waals surface area contributed by atoms with Crippen LogP contribution in [0.1, 0.15) is 44.6 Å². The number of aryl methyl sites for hydroxylation is 1. The van der Waals surface area contributed by atoms with Crippen molar-refractivity contribution >= 4 is 17.3 Å². The SMILES string of the molecule is CCCCCCOc1cccc(NC(=O)CCc2ccccc2N)c1. The van der Waals surface area contributed by atoms with Crippen LogP contribution in [0.15, 0.2) is 48.5 Å². The van der Waals surface area contributed by atoms with Crippen LogP contribution in [-0.2, 0) is 11.2 Å². The van der Waals surface area contributed by atoms with Crippen molar-refractivity contribution in [2.75, 3.05) is 17.7 Å². The van der Waals surface area contributed by atoms with Crippen LogP contribution < -0.4 is 15.8 Å². The zero-order valence-electron chi connectivity index (χ0n) is 15.0. The fourth-order valence-corrected chi connectivity index (χ4v) is 2.62. The minimum absolute atomic E-state index is 0.0247. The number of nitrogens with two attached hydrogens (primary N) is 1. The largest absolute Gasteiger partial charge is 0.494 e. The van der Waals surface area contributed by atoms with E-state index in [4.69, 9.17) is 10.5 Å². The Kier molecular flexibility index (Phi) is 7.83. The maximum Gasteiger partial charge on any atom is 0.224 e. The van der Waals surface area contributed by atoms with Gasteiger partial charge < -0.3 is 15.8 Å². The number of carbonyl (C=O) groups excluding carboxylic acids is 1. The number of amides is 1. The predicted molar refractivity (Wildman–Crippen MR) is 104 cm³/mol. The molecule has 0 saturated carbocycles. The highest BCUT2D eigenvalue weighted by Crippen LogP contribution is 2.19. The summed E-state index contributed by atoms with van der Waals surface area (Å²) in [6, 6.07) is 15.2. The van der Waals surface area contributed by atoms with Crippen molar-refractivity contribution in [2.45, 2.75) is 45.4 Å². The lowest BCUT2D eigenvalue weighted by atomic mass is 10.1. The standard InChI is InChI=1S/C21H28N2O2/c1-2-3-4-7-15-25-19-11-8-10-18(16-19)23-21(24)14-13-17-9-5-6-12-20(17)22/h5-6,8-12,16H,2-4,7,13-15,22H2,1H3,(H,23,24). The molecule has 2 aromatic rings. The van der Waals surface area contributed by atoms with Gasteiger partial charge in [0.05, 0.1) is 6.61 Å². The Labute approximate surface area is 150 Å². The van der Waals surface area contributed by atoms with Gasteiger partial charge in [-0.3, -0.25) is 4.79 Å². The first-order valence-electron chi connectivity index (χ1n) is 9.05. The van der Waals surface area contributed by atoms with E-state index >= 15 is 0 Å². The molecular weight excluding hydrogens is 312 g/mol. The van der Waals surface area contributed by atoms with Gasteiger partial charge in [0.25, 0.3) is 0 Å². The molecule has 3 N–H and O–H groups in total. The molecule has 0 atom stereocenters. The van der Waals surface area contributed by atoms with Gasteiger partial charge in [-0.1, -0.05) is 50.5 Å². The first-order chi connectivity index (χ1) is 12.2. The van der Waals surface area contributed by atoms with Crippen molar-refractivity contribution in [3.05, 3.63) is 54.1 Å². The Hall–Kier alpha value is -2.49. The van der Waals surface area contributed by atoms with Gasteiger partial charge in [-0.2, -0.15) is 0 Å². The summed E-state index contributed by atoms with van der Waals surface area (Å²) in [6.07, 6.45) is 5.74. The third-order valence-electron chi connectivity index (χ3n) is 4.06. The maximum absolute atomic E-state index is 12.1. The van der Waals surface area contributed by atoms with E-state index < -0.39 is 0 Å². The molecule has 0 aliphatic rings. The molecule has 0 aliphatic heterocycles. The summed E-state index contributed by atoms with van der Waals surface area (Å²) in [5.74, 6) is 0.768. The zero-order chi connectivity index (χ0) is 17.9. The number of unbranched alkanes of at least 4 members (excludes halogenated alkanes) is 3. The molecule has 2 rings (SSSR count). The molecule has 0 radical (unpaired) electrons. The Bertz CT molecular complexity index is 670.